The van der Waals surface area contributed by atoms with Gasteiger partial charge in [0.1, 0.15) is 0 Å². The average molecular weight is 254 g/mol. The zero-order chi connectivity index (χ0) is 12.7. The highest BCUT2D eigenvalue weighted by molar-refractivity contribution is 6.33. The molecular formula is C14H20ClNO. The summed E-state index contributed by atoms with van der Waals surface area (Å²) in [6, 6.07) is 1.98. The maximum absolute atomic E-state index is 12.0. The van der Waals surface area contributed by atoms with Crippen molar-refractivity contribution in [2.75, 3.05) is 0 Å². The van der Waals surface area contributed by atoms with Crippen LogP contribution in [0.5, 0.6) is 0 Å². The molecule has 0 N–H and O–H groups in total. The van der Waals surface area contributed by atoms with E-state index >= 15 is 0 Å². The molecule has 0 aromatic carbocycles. The smallest absolute Gasteiger partial charge is 0.182 e. The van der Waals surface area contributed by atoms with E-state index in [4.69, 9.17) is 11.6 Å². The molecule has 0 amide bonds. The molecule has 0 spiro atoms. The second-order valence-corrected chi connectivity index (χ2v) is 6.00. The van der Waals surface area contributed by atoms with Crippen molar-refractivity contribution in [2.45, 2.75) is 46.0 Å². The van der Waals surface area contributed by atoms with Gasteiger partial charge in [-0.05, 0) is 45.1 Å². The second-order valence-electron chi connectivity index (χ2n) is 5.35. The average Bonchev–Trinajstić information content (AvgIpc) is 2.88. The van der Waals surface area contributed by atoms with Crippen LogP contribution in [-0.2, 0) is 6.54 Å². The van der Waals surface area contributed by atoms with Gasteiger partial charge < -0.3 is 4.57 Å². The van der Waals surface area contributed by atoms with Gasteiger partial charge in [-0.25, -0.2) is 0 Å². The molecule has 1 aliphatic carbocycles. The van der Waals surface area contributed by atoms with Crippen LogP contribution in [0.4, 0.5) is 0 Å². The minimum absolute atomic E-state index is 0.0369. The van der Waals surface area contributed by atoms with Crippen molar-refractivity contribution >= 4 is 17.4 Å². The van der Waals surface area contributed by atoms with Gasteiger partial charge in [0.05, 0.1) is 5.38 Å². The largest absolute Gasteiger partial charge is 0.348 e. The Morgan fingerprint density at radius 1 is 1.59 bits per heavy atom. The number of nitrogens with zero attached hydrogens (tertiary/aromatic N) is 1. The molecule has 94 valence electrons. The normalized spacial score (nSPS) is 24.8. The summed E-state index contributed by atoms with van der Waals surface area (Å²) in [6.07, 6.45) is 1.31. The lowest BCUT2D eigenvalue weighted by Crippen LogP contribution is -2.12. The van der Waals surface area contributed by atoms with Gasteiger partial charge in [0.15, 0.2) is 5.78 Å². The van der Waals surface area contributed by atoms with Gasteiger partial charge in [0.25, 0.3) is 0 Å². The van der Waals surface area contributed by atoms with Crippen LogP contribution in [0, 0.1) is 25.7 Å². The van der Waals surface area contributed by atoms with Crippen LogP contribution in [0.3, 0.4) is 0 Å². The van der Waals surface area contributed by atoms with Crippen LogP contribution in [0.1, 0.15) is 42.0 Å². The van der Waals surface area contributed by atoms with Crippen LogP contribution in [0.2, 0.25) is 0 Å². The first kappa shape index (κ1) is 12.7. The summed E-state index contributed by atoms with van der Waals surface area (Å²) in [4.78, 5) is 12.0. The van der Waals surface area contributed by atoms with Crippen LogP contribution in [-0.4, -0.2) is 15.7 Å². The maximum atomic E-state index is 12.0. The summed E-state index contributed by atoms with van der Waals surface area (Å²) in [6.45, 7) is 9.15. The van der Waals surface area contributed by atoms with Crippen molar-refractivity contribution in [2.24, 2.45) is 11.8 Å². The molecule has 17 heavy (non-hydrogen) atoms. The molecule has 1 aliphatic rings. The molecule has 2 rings (SSSR count). The van der Waals surface area contributed by atoms with E-state index in [1.54, 1.807) is 6.92 Å². The highest BCUT2D eigenvalue weighted by Gasteiger charge is 2.33. The Morgan fingerprint density at radius 3 is 2.65 bits per heavy atom. The number of hydrogen-bond acceptors (Lipinski definition) is 1. The second kappa shape index (κ2) is 4.49. The van der Waals surface area contributed by atoms with Crippen LogP contribution >= 0.6 is 11.6 Å². The molecule has 0 bridgehead atoms. The Labute approximate surface area is 108 Å². The zero-order valence-corrected chi connectivity index (χ0v) is 11.7. The van der Waals surface area contributed by atoms with E-state index < -0.39 is 5.38 Å². The number of Topliss-reactive ketones (excluding diaryl/α,β-unsaturated/α-hetero) is 1. The van der Waals surface area contributed by atoms with Gasteiger partial charge in [-0.2, -0.15) is 0 Å². The van der Waals surface area contributed by atoms with Crippen LogP contribution in [0.15, 0.2) is 6.07 Å². The van der Waals surface area contributed by atoms with Crippen molar-refractivity contribution < 1.29 is 4.79 Å². The molecular weight excluding hydrogens is 234 g/mol. The lowest BCUT2D eigenvalue weighted by atomic mass is 10.1. The lowest BCUT2D eigenvalue weighted by Gasteiger charge is -2.09. The molecule has 1 fully saturated rings. The first-order chi connectivity index (χ1) is 7.91. The van der Waals surface area contributed by atoms with Crippen molar-refractivity contribution in [3.05, 3.63) is 23.0 Å². The number of carbonyl (C=O) groups is 1. The summed E-state index contributed by atoms with van der Waals surface area (Å²) in [5.41, 5.74) is 3.03. The van der Waals surface area contributed by atoms with E-state index in [1.165, 1.54) is 12.1 Å². The monoisotopic (exact) mass is 253 g/mol. The van der Waals surface area contributed by atoms with Crippen molar-refractivity contribution in [3.8, 4) is 0 Å². The number of halogens is 1. The Balaban J connectivity index is 2.25. The SMILES string of the molecule is Cc1cc(C(=O)C(C)Cl)c(C)n1CC1CC1C. The fraction of sp³-hybridized carbons (Fsp3) is 0.643. The Hall–Kier alpha value is -0.760. The minimum atomic E-state index is -0.441. The number of aromatic nitrogens is 1. The highest BCUT2D eigenvalue weighted by atomic mass is 35.5. The number of carbonyl (C=O) groups excluding carboxylic acids is 1. The third-order valence-corrected chi connectivity index (χ3v) is 4.09. The Morgan fingerprint density at radius 2 is 2.18 bits per heavy atom. The van der Waals surface area contributed by atoms with E-state index in [1.807, 2.05) is 13.0 Å². The summed E-state index contributed by atoms with van der Waals surface area (Å²) in [7, 11) is 0. The predicted molar refractivity (Wildman–Crippen MR) is 70.8 cm³/mol. The number of hydrogen-bond donors (Lipinski definition) is 0. The van der Waals surface area contributed by atoms with Gasteiger partial charge in [-0.15, -0.1) is 11.6 Å². The van der Waals surface area contributed by atoms with Gasteiger partial charge >= 0.3 is 0 Å². The van der Waals surface area contributed by atoms with E-state index in [0.29, 0.717) is 0 Å². The number of aryl methyl sites for hydroxylation is 1. The van der Waals surface area contributed by atoms with E-state index in [9.17, 15) is 4.79 Å². The Kier molecular flexibility index (Phi) is 3.35. The molecule has 1 aromatic rings. The number of ketones is 1. The summed E-state index contributed by atoms with van der Waals surface area (Å²) >= 11 is 5.88. The third-order valence-electron chi connectivity index (χ3n) is 3.89. The molecule has 1 heterocycles. The molecule has 0 radical (unpaired) electrons. The summed E-state index contributed by atoms with van der Waals surface area (Å²) in [5, 5.41) is -0.441. The van der Waals surface area contributed by atoms with E-state index in [2.05, 4.69) is 18.4 Å². The first-order valence-electron chi connectivity index (χ1n) is 6.26. The van der Waals surface area contributed by atoms with Crippen molar-refractivity contribution in [1.29, 1.82) is 0 Å². The molecule has 1 saturated carbocycles. The summed E-state index contributed by atoms with van der Waals surface area (Å²) < 4.78 is 2.26. The zero-order valence-electron chi connectivity index (χ0n) is 11.0. The van der Waals surface area contributed by atoms with Gasteiger partial charge in [-0.3, -0.25) is 4.79 Å². The van der Waals surface area contributed by atoms with Gasteiger partial charge in [0, 0.05) is 23.5 Å². The maximum Gasteiger partial charge on any atom is 0.182 e. The van der Waals surface area contributed by atoms with Crippen molar-refractivity contribution in [1.82, 2.24) is 4.57 Å². The number of rotatable bonds is 4. The first-order valence-corrected chi connectivity index (χ1v) is 6.70. The third kappa shape index (κ3) is 2.42. The molecule has 2 nitrogen and oxygen atoms in total. The lowest BCUT2D eigenvalue weighted by molar-refractivity contribution is 0.0991. The van der Waals surface area contributed by atoms with Gasteiger partial charge in [0.2, 0.25) is 0 Å². The van der Waals surface area contributed by atoms with E-state index in [0.717, 1.165) is 29.6 Å². The fourth-order valence-electron chi connectivity index (χ4n) is 2.43. The molecule has 1 aromatic heterocycles. The van der Waals surface area contributed by atoms with Crippen LogP contribution < -0.4 is 0 Å². The van der Waals surface area contributed by atoms with Gasteiger partial charge in [-0.1, -0.05) is 6.92 Å². The summed E-state index contributed by atoms with van der Waals surface area (Å²) in [5.74, 6) is 1.66. The predicted octanol–water partition coefficient (Wildman–Crippen LogP) is 3.57. The molecule has 0 saturated heterocycles. The quantitative estimate of drug-likeness (QED) is 0.594. The molecule has 3 unspecified atom stereocenters. The molecule has 3 atom stereocenters. The Bertz CT molecular complexity index is 447. The number of alkyl halides is 1. The minimum Gasteiger partial charge on any atom is -0.348 e. The highest BCUT2D eigenvalue weighted by Crippen LogP contribution is 2.39. The van der Waals surface area contributed by atoms with E-state index in [-0.39, 0.29) is 5.78 Å². The topological polar surface area (TPSA) is 22.0 Å². The molecule has 3 heteroatoms. The van der Waals surface area contributed by atoms with Crippen molar-refractivity contribution in [3.63, 3.8) is 0 Å². The van der Waals surface area contributed by atoms with Crippen LogP contribution in [0.25, 0.3) is 0 Å². The standard InChI is InChI=1S/C14H20ClNO/c1-8-5-12(8)7-16-9(2)6-13(11(16)4)14(17)10(3)15/h6,8,10,12H,5,7H2,1-4H3. The fourth-order valence-corrected chi connectivity index (χ4v) is 2.55. The molecule has 0 aliphatic heterocycles.